The number of nitrogens with zero attached hydrogens (tertiary/aromatic N) is 2. The molecule has 0 bridgehead atoms. The lowest BCUT2D eigenvalue weighted by Gasteiger charge is -2.38. The Morgan fingerprint density at radius 1 is 1.47 bits per heavy atom. The van der Waals surface area contributed by atoms with Crippen LogP contribution in [0.3, 0.4) is 0 Å². The van der Waals surface area contributed by atoms with Gasteiger partial charge in [-0.15, -0.1) is 0 Å². The summed E-state index contributed by atoms with van der Waals surface area (Å²) in [4.78, 5) is 0. The van der Waals surface area contributed by atoms with Crippen LogP contribution in [0.2, 0.25) is 0 Å². The first-order valence-electron chi connectivity index (χ1n) is 7.53. The molecule has 19 heavy (non-hydrogen) atoms. The second-order valence-electron chi connectivity index (χ2n) is 6.19. The molecule has 1 aliphatic heterocycles. The fourth-order valence-corrected chi connectivity index (χ4v) is 3.54. The Kier molecular flexibility index (Phi) is 3.63. The van der Waals surface area contributed by atoms with Gasteiger partial charge in [-0.25, -0.2) is 0 Å². The first kappa shape index (κ1) is 13.1. The van der Waals surface area contributed by atoms with Crippen molar-refractivity contribution in [1.29, 1.82) is 0 Å². The average Bonchev–Trinajstić information content (AvgIpc) is 2.97. The Morgan fingerprint density at radius 2 is 2.26 bits per heavy atom. The third kappa shape index (κ3) is 2.70. The second kappa shape index (κ2) is 5.25. The van der Waals surface area contributed by atoms with E-state index in [0.717, 1.165) is 19.6 Å². The number of aryl methyl sites for hydroxylation is 1. The van der Waals surface area contributed by atoms with Gasteiger partial charge < -0.3 is 10.1 Å². The van der Waals surface area contributed by atoms with Crippen LogP contribution in [0.15, 0.2) is 6.20 Å². The summed E-state index contributed by atoms with van der Waals surface area (Å²) in [5.41, 5.74) is 2.78. The zero-order chi connectivity index (χ0) is 13.3. The summed E-state index contributed by atoms with van der Waals surface area (Å²) < 4.78 is 8.02. The van der Waals surface area contributed by atoms with Gasteiger partial charge in [-0.3, -0.25) is 4.68 Å². The minimum atomic E-state index is 0.208. The first-order valence-corrected chi connectivity index (χ1v) is 7.53. The largest absolute Gasteiger partial charge is 0.375 e. The third-order valence-corrected chi connectivity index (χ3v) is 4.93. The van der Waals surface area contributed by atoms with Crippen molar-refractivity contribution in [2.75, 3.05) is 6.61 Å². The van der Waals surface area contributed by atoms with E-state index < -0.39 is 0 Å². The molecular formula is C15H25N3O. The first-order chi connectivity index (χ1) is 9.19. The highest BCUT2D eigenvalue weighted by atomic mass is 16.5. The van der Waals surface area contributed by atoms with Crippen molar-refractivity contribution in [2.45, 2.75) is 63.6 Å². The Labute approximate surface area is 115 Å². The molecule has 4 nitrogen and oxygen atoms in total. The van der Waals surface area contributed by atoms with Gasteiger partial charge in [0.1, 0.15) is 0 Å². The molecule has 0 aromatic carbocycles. The number of aromatic nitrogens is 2. The van der Waals surface area contributed by atoms with Gasteiger partial charge in [-0.2, -0.15) is 5.10 Å². The number of ether oxygens (including phenoxy) is 1. The predicted octanol–water partition coefficient (Wildman–Crippen LogP) is 2.31. The predicted molar refractivity (Wildman–Crippen MR) is 75.0 cm³/mol. The van der Waals surface area contributed by atoms with Crippen molar-refractivity contribution in [1.82, 2.24) is 15.1 Å². The normalized spacial score (nSPS) is 26.1. The highest BCUT2D eigenvalue weighted by Crippen LogP contribution is 2.39. The molecule has 1 N–H and O–H groups in total. The van der Waals surface area contributed by atoms with Gasteiger partial charge in [-0.1, -0.05) is 12.8 Å². The summed E-state index contributed by atoms with van der Waals surface area (Å²) in [6.45, 7) is 3.98. The fourth-order valence-electron chi connectivity index (χ4n) is 3.54. The SMILES string of the molecule is Cc1c(CNC2CCOC3(CCCC3)C2)cnn1C. The second-order valence-corrected chi connectivity index (χ2v) is 6.19. The van der Waals surface area contributed by atoms with E-state index in [-0.39, 0.29) is 5.60 Å². The molecule has 1 aromatic rings. The van der Waals surface area contributed by atoms with E-state index >= 15 is 0 Å². The summed E-state index contributed by atoms with van der Waals surface area (Å²) in [7, 11) is 2.00. The van der Waals surface area contributed by atoms with Gasteiger partial charge in [0, 0.05) is 37.5 Å². The minimum absolute atomic E-state index is 0.208. The van der Waals surface area contributed by atoms with E-state index in [1.165, 1.54) is 43.4 Å². The maximum atomic E-state index is 6.08. The molecule has 0 amide bonds. The van der Waals surface area contributed by atoms with Crippen molar-refractivity contribution >= 4 is 0 Å². The summed E-state index contributed by atoms with van der Waals surface area (Å²) in [5, 5.41) is 8.01. The topological polar surface area (TPSA) is 39.1 Å². The summed E-state index contributed by atoms with van der Waals surface area (Å²) in [6, 6.07) is 0.603. The maximum absolute atomic E-state index is 6.08. The Morgan fingerprint density at radius 3 is 2.95 bits per heavy atom. The lowest BCUT2D eigenvalue weighted by atomic mass is 9.89. The highest BCUT2D eigenvalue weighted by molar-refractivity contribution is 5.15. The summed E-state index contributed by atoms with van der Waals surface area (Å²) in [5.74, 6) is 0. The molecule has 1 unspecified atom stereocenters. The molecule has 2 heterocycles. The quantitative estimate of drug-likeness (QED) is 0.909. The maximum Gasteiger partial charge on any atom is 0.0697 e. The monoisotopic (exact) mass is 263 g/mol. The zero-order valence-electron chi connectivity index (χ0n) is 12.1. The van der Waals surface area contributed by atoms with Crippen molar-refractivity contribution in [2.24, 2.45) is 7.05 Å². The highest BCUT2D eigenvalue weighted by Gasteiger charge is 2.39. The van der Waals surface area contributed by atoms with Gasteiger partial charge >= 0.3 is 0 Å². The van der Waals surface area contributed by atoms with Gasteiger partial charge in [0.05, 0.1) is 11.8 Å². The number of hydrogen-bond donors (Lipinski definition) is 1. The molecular weight excluding hydrogens is 238 g/mol. The molecule has 1 saturated heterocycles. The Balaban J connectivity index is 1.56. The van der Waals surface area contributed by atoms with Crippen LogP contribution in [-0.2, 0) is 18.3 Å². The van der Waals surface area contributed by atoms with Crippen molar-refractivity contribution < 1.29 is 4.74 Å². The lowest BCUT2D eigenvalue weighted by molar-refractivity contribution is -0.0837. The van der Waals surface area contributed by atoms with Gasteiger partial charge in [0.2, 0.25) is 0 Å². The van der Waals surface area contributed by atoms with E-state index in [0.29, 0.717) is 6.04 Å². The Hall–Kier alpha value is -0.870. The minimum Gasteiger partial charge on any atom is -0.375 e. The van der Waals surface area contributed by atoms with Crippen molar-refractivity contribution in [3.8, 4) is 0 Å². The van der Waals surface area contributed by atoms with Crippen LogP contribution in [0.5, 0.6) is 0 Å². The summed E-state index contributed by atoms with van der Waals surface area (Å²) in [6.07, 6.45) is 9.51. The van der Waals surface area contributed by atoms with Crippen molar-refractivity contribution in [3.63, 3.8) is 0 Å². The van der Waals surface area contributed by atoms with E-state index in [4.69, 9.17) is 4.74 Å². The van der Waals surface area contributed by atoms with Gasteiger partial charge in [-0.05, 0) is 32.6 Å². The van der Waals surface area contributed by atoms with Crippen LogP contribution in [0.1, 0.15) is 49.8 Å². The summed E-state index contributed by atoms with van der Waals surface area (Å²) >= 11 is 0. The van der Waals surface area contributed by atoms with Crippen LogP contribution < -0.4 is 5.32 Å². The van der Waals surface area contributed by atoms with Crippen LogP contribution in [0.4, 0.5) is 0 Å². The molecule has 0 radical (unpaired) electrons. The molecule has 1 saturated carbocycles. The van der Waals surface area contributed by atoms with Crippen molar-refractivity contribution in [3.05, 3.63) is 17.5 Å². The molecule has 3 rings (SSSR count). The average molecular weight is 263 g/mol. The van der Waals surface area contributed by atoms with Crippen LogP contribution in [-0.4, -0.2) is 28.0 Å². The van der Waals surface area contributed by atoms with E-state index in [1.807, 2.05) is 17.9 Å². The number of hydrogen-bond acceptors (Lipinski definition) is 3. The molecule has 1 spiro atoms. The molecule has 4 heteroatoms. The molecule has 2 aliphatic rings. The van der Waals surface area contributed by atoms with Gasteiger partial charge in [0.15, 0.2) is 0 Å². The Bertz CT molecular complexity index is 435. The smallest absolute Gasteiger partial charge is 0.0697 e. The third-order valence-electron chi connectivity index (χ3n) is 4.93. The van der Waals surface area contributed by atoms with Gasteiger partial charge in [0.25, 0.3) is 0 Å². The number of nitrogens with one attached hydrogen (secondary N) is 1. The van der Waals surface area contributed by atoms with E-state index in [2.05, 4.69) is 17.3 Å². The fraction of sp³-hybridized carbons (Fsp3) is 0.800. The zero-order valence-corrected chi connectivity index (χ0v) is 12.1. The molecule has 2 fully saturated rings. The van der Waals surface area contributed by atoms with Crippen LogP contribution >= 0.6 is 0 Å². The lowest BCUT2D eigenvalue weighted by Crippen LogP contribution is -2.45. The van der Waals surface area contributed by atoms with E-state index in [9.17, 15) is 0 Å². The molecule has 1 aliphatic carbocycles. The van der Waals surface area contributed by atoms with E-state index in [1.54, 1.807) is 0 Å². The molecule has 1 aromatic heterocycles. The number of rotatable bonds is 3. The molecule has 106 valence electrons. The molecule has 1 atom stereocenters. The standard InChI is InChI=1S/C15H25N3O/c1-12-13(11-17-18(12)2)10-16-14-5-8-19-15(9-14)6-3-4-7-15/h11,14,16H,3-10H2,1-2H3. The van der Waals surface area contributed by atoms with Crippen LogP contribution in [0.25, 0.3) is 0 Å². The van der Waals surface area contributed by atoms with Crippen LogP contribution in [0, 0.1) is 6.92 Å².